The minimum absolute atomic E-state index is 0.235. The highest BCUT2D eigenvalue weighted by Crippen LogP contribution is 2.47. The van der Waals surface area contributed by atoms with Crippen LogP contribution in [-0.4, -0.2) is 64.6 Å². The summed E-state index contributed by atoms with van der Waals surface area (Å²) >= 11 is 4.47. The van der Waals surface area contributed by atoms with Crippen LogP contribution in [0.15, 0.2) is 25.0 Å². The summed E-state index contributed by atoms with van der Waals surface area (Å²) in [6.07, 6.45) is 9.61. The molecule has 15 heteroatoms. The van der Waals surface area contributed by atoms with Gasteiger partial charge in [-0.25, -0.2) is 24.7 Å². The Morgan fingerprint density at radius 1 is 0.947 bits per heavy atom. The molecule has 3 fully saturated rings. The molecule has 7 rings (SSSR count). The molecule has 0 unspecified atom stereocenters. The lowest BCUT2D eigenvalue weighted by Crippen LogP contribution is -2.50. The summed E-state index contributed by atoms with van der Waals surface area (Å²) in [5.74, 6) is 0.998. The van der Waals surface area contributed by atoms with Gasteiger partial charge < -0.3 is 41.5 Å². The monoisotopic (exact) mass is 744 g/mol. The van der Waals surface area contributed by atoms with Gasteiger partial charge in [0, 0.05) is 51.0 Å². The van der Waals surface area contributed by atoms with Crippen LogP contribution in [-0.2, 0) is 4.74 Å². The van der Waals surface area contributed by atoms with Crippen molar-refractivity contribution in [2.24, 2.45) is 5.73 Å². The average molecular weight is 744 g/mol. The quantitative estimate of drug-likeness (QED) is 0.194. The fourth-order valence-corrected chi connectivity index (χ4v) is 7.22. The summed E-state index contributed by atoms with van der Waals surface area (Å²) in [7, 11) is 0. The summed E-state index contributed by atoms with van der Waals surface area (Å²) in [5.41, 5.74) is 18.0. The van der Waals surface area contributed by atoms with E-state index >= 15 is 0 Å². The molecule has 0 atom stereocenters. The molecule has 5 heterocycles. The van der Waals surface area contributed by atoms with Gasteiger partial charge in [0.2, 0.25) is 0 Å². The number of nitrogens with zero attached hydrogens (tertiary/aromatic N) is 6. The third-order valence-corrected chi connectivity index (χ3v) is 9.30. The van der Waals surface area contributed by atoms with Crippen LogP contribution >= 0.6 is 45.2 Å². The molecule has 1 saturated heterocycles. The lowest BCUT2D eigenvalue weighted by Gasteiger charge is -2.43. The summed E-state index contributed by atoms with van der Waals surface area (Å²) in [6.45, 7) is 0.896. The molecule has 38 heavy (non-hydrogen) atoms. The molecule has 0 bridgehead atoms. The predicted octanol–water partition coefficient (Wildman–Crippen LogP) is 2.07. The maximum absolute atomic E-state index is 11.2. The van der Waals surface area contributed by atoms with E-state index in [9.17, 15) is 9.90 Å². The van der Waals surface area contributed by atoms with E-state index in [1.165, 1.54) is 12.7 Å². The molecule has 13 nitrogen and oxygen atoms in total. The number of anilines is 2. The molecule has 2 saturated carbocycles. The summed E-state index contributed by atoms with van der Waals surface area (Å²) < 4.78 is 11.6. The number of nitrogens with two attached hydrogens (primary N) is 3. The largest absolute Gasteiger partial charge is 0.441 e. The highest BCUT2D eigenvalue weighted by molar-refractivity contribution is 14.1. The Hall–Kier alpha value is -2.51. The number of carbonyl (C=O) groups excluding carboxylic acids is 1. The molecule has 1 amide bonds. The second-order valence-electron chi connectivity index (χ2n) is 10.2. The number of hydrogen-bond acceptors (Lipinski definition) is 10. The van der Waals surface area contributed by atoms with Crippen molar-refractivity contribution in [3.8, 4) is 0 Å². The van der Waals surface area contributed by atoms with Crippen LogP contribution in [0.4, 0.5) is 16.4 Å². The van der Waals surface area contributed by atoms with Crippen molar-refractivity contribution in [2.75, 3.05) is 24.6 Å². The number of nitrogens with one attached hydrogen (secondary N) is 1. The molecule has 4 aromatic rings. The van der Waals surface area contributed by atoms with Crippen LogP contribution in [0.25, 0.3) is 22.1 Å². The lowest BCUT2D eigenvalue weighted by atomic mass is 9.75. The first-order valence-corrected chi connectivity index (χ1v) is 14.2. The number of amides is 1. The van der Waals surface area contributed by atoms with Gasteiger partial charge in [0.25, 0.3) is 0 Å². The number of rotatable bonds is 3. The van der Waals surface area contributed by atoms with Gasteiger partial charge in [-0.3, -0.25) is 0 Å². The van der Waals surface area contributed by atoms with E-state index in [2.05, 4.69) is 79.6 Å². The van der Waals surface area contributed by atoms with Gasteiger partial charge in [0.05, 0.1) is 22.9 Å². The minimum Gasteiger partial charge on any atom is -0.441 e. The molecule has 0 aromatic carbocycles. The van der Waals surface area contributed by atoms with Crippen LogP contribution in [0.5, 0.6) is 0 Å². The third kappa shape index (κ3) is 4.22. The zero-order valence-electron chi connectivity index (χ0n) is 20.1. The average Bonchev–Trinajstić information content (AvgIpc) is 3.51. The van der Waals surface area contributed by atoms with Gasteiger partial charge in [-0.05, 0) is 58.0 Å². The maximum atomic E-state index is 11.2. The van der Waals surface area contributed by atoms with Crippen LogP contribution in [0.2, 0.25) is 0 Å². The number of carbonyl (C=O) groups is 1. The zero-order valence-corrected chi connectivity index (χ0v) is 24.5. The van der Waals surface area contributed by atoms with E-state index in [1.54, 1.807) is 0 Å². The van der Waals surface area contributed by atoms with E-state index in [0.29, 0.717) is 37.6 Å². The fraction of sp³-hybridized carbons (Fsp3) is 0.435. The van der Waals surface area contributed by atoms with Crippen molar-refractivity contribution in [3.05, 3.63) is 32.2 Å². The van der Waals surface area contributed by atoms with E-state index in [1.807, 2.05) is 12.4 Å². The first-order valence-electron chi connectivity index (χ1n) is 12.0. The normalized spacial score (nSPS) is 27.9. The molecule has 8 N–H and O–H groups in total. The Labute approximate surface area is 244 Å². The molecular formula is C23H26I2N10O3. The molecule has 3 aliphatic rings. The van der Waals surface area contributed by atoms with Crippen molar-refractivity contribution < 1.29 is 14.6 Å². The molecule has 1 spiro atoms. The van der Waals surface area contributed by atoms with E-state index in [-0.39, 0.29) is 23.8 Å². The van der Waals surface area contributed by atoms with Crippen molar-refractivity contribution in [3.63, 3.8) is 0 Å². The first kappa shape index (κ1) is 25.8. The predicted molar refractivity (Wildman–Crippen MR) is 157 cm³/mol. The SMILES string of the molecule is NCC1(O)CC(n2cc(I)c3c(N)ncnc32)C1.Nc1ncnc2c1c(I)cn2C1CC2(CNC(=O)O2)C1. The smallest absolute Gasteiger partial charge is 0.407 e. The Morgan fingerprint density at radius 2 is 1.45 bits per heavy atom. The fourth-order valence-electron chi connectivity index (χ4n) is 5.59. The Balaban J connectivity index is 0.000000140. The van der Waals surface area contributed by atoms with Gasteiger partial charge in [-0.15, -0.1) is 0 Å². The topological polar surface area (TPSA) is 198 Å². The van der Waals surface area contributed by atoms with Crippen molar-refractivity contribution >= 4 is 85.0 Å². The van der Waals surface area contributed by atoms with Gasteiger partial charge >= 0.3 is 6.09 Å². The Kier molecular flexibility index (Phi) is 6.30. The van der Waals surface area contributed by atoms with E-state index < -0.39 is 5.60 Å². The standard InChI is InChI=1S/C12H12IN5O2.C11H14IN5O/c13-7-3-18(10-8(7)9(14)16-5-17-10)6-1-12(2-6)4-15-11(19)20-12;12-7-3-17(6-1-11(18,2-6)4-13)10-8(7)9(14)15-5-16-10/h3,5-6H,1-2,4H2,(H,15,19)(H2,14,16,17);3,5-6,18H,1-2,4,13H2,(H2,14,15,16). The molecule has 1 aliphatic heterocycles. The van der Waals surface area contributed by atoms with Crippen LogP contribution in [0, 0.1) is 7.14 Å². The number of alkyl carbamates (subject to hydrolysis) is 1. The first-order chi connectivity index (χ1) is 18.1. The zero-order chi connectivity index (χ0) is 26.8. The van der Waals surface area contributed by atoms with Crippen LogP contribution in [0.1, 0.15) is 37.8 Å². The van der Waals surface area contributed by atoms with Gasteiger partial charge in [0.1, 0.15) is 41.2 Å². The summed E-state index contributed by atoms with van der Waals surface area (Å²) in [4.78, 5) is 27.9. The van der Waals surface area contributed by atoms with Gasteiger partial charge in [-0.2, -0.15) is 0 Å². The number of nitrogen functional groups attached to an aromatic ring is 2. The van der Waals surface area contributed by atoms with Crippen molar-refractivity contribution in [2.45, 2.75) is 49.0 Å². The highest BCUT2D eigenvalue weighted by atomic mass is 127. The molecule has 2 aliphatic carbocycles. The number of fused-ring (bicyclic) bond motifs is 2. The van der Waals surface area contributed by atoms with E-state index in [0.717, 1.165) is 42.0 Å². The molecule has 0 radical (unpaired) electrons. The number of aliphatic hydroxyl groups is 1. The highest BCUT2D eigenvalue weighted by Gasteiger charge is 2.52. The minimum atomic E-state index is -0.717. The molecular weight excluding hydrogens is 718 g/mol. The molecule has 4 aromatic heterocycles. The number of aromatic nitrogens is 6. The Morgan fingerprint density at radius 3 is 1.89 bits per heavy atom. The van der Waals surface area contributed by atoms with E-state index in [4.69, 9.17) is 21.9 Å². The summed E-state index contributed by atoms with van der Waals surface area (Å²) in [5, 5.41) is 14.5. The lowest BCUT2D eigenvalue weighted by molar-refractivity contribution is -0.0580. The van der Waals surface area contributed by atoms with Gasteiger partial charge in [-0.1, -0.05) is 0 Å². The van der Waals surface area contributed by atoms with Crippen molar-refractivity contribution in [1.29, 1.82) is 0 Å². The van der Waals surface area contributed by atoms with Crippen molar-refractivity contribution in [1.82, 2.24) is 34.4 Å². The van der Waals surface area contributed by atoms with Gasteiger partial charge in [0.15, 0.2) is 0 Å². The maximum Gasteiger partial charge on any atom is 0.407 e. The van der Waals surface area contributed by atoms with Crippen LogP contribution in [0.3, 0.4) is 0 Å². The second kappa shape index (κ2) is 9.30. The number of halogens is 2. The number of ether oxygens (including phenoxy) is 1. The number of hydrogen-bond donors (Lipinski definition) is 5. The molecule has 200 valence electrons. The Bertz CT molecular complexity index is 1560. The van der Waals surface area contributed by atoms with Crippen LogP contribution < -0.4 is 22.5 Å². The third-order valence-electron chi connectivity index (χ3n) is 7.66. The second-order valence-corrected chi connectivity index (χ2v) is 12.5. The summed E-state index contributed by atoms with van der Waals surface area (Å²) in [6, 6.07) is 0.516.